The van der Waals surface area contributed by atoms with Crippen LogP contribution >= 0.6 is 11.8 Å². The predicted molar refractivity (Wildman–Crippen MR) is 148 cm³/mol. The maximum absolute atomic E-state index is 13.5. The summed E-state index contributed by atoms with van der Waals surface area (Å²) in [6, 6.07) is 21.3. The molecule has 194 valence electrons. The fraction of sp³-hybridized carbons (Fsp3) is 0.241. The number of hydrazone groups is 1. The number of nitrogens with one attached hydrogen (secondary N) is 1. The van der Waals surface area contributed by atoms with Crippen molar-refractivity contribution in [2.45, 2.75) is 38.0 Å². The van der Waals surface area contributed by atoms with Gasteiger partial charge in [0.15, 0.2) is 5.17 Å². The minimum absolute atomic E-state index is 0.0126. The highest BCUT2D eigenvalue weighted by Crippen LogP contribution is 2.38. The van der Waals surface area contributed by atoms with E-state index in [4.69, 9.17) is 9.84 Å². The lowest BCUT2D eigenvalue weighted by atomic mass is 9.98. The van der Waals surface area contributed by atoms with Gasteiger partial charge in [0.05, 0.1) is 18.4 Å². The Kier molecular flexibility index (Phi) is 7.55. The Bertz CT molecular complexity index is 1390. The normalized spacial score (nSPS) is 18.8. The molecule has 0 radical (unpaired) electrons. The molecule has 3 aromatic rings. The molecular weight excluding hydrogens is 503 g/mol. The smallest absolute Gasteiger partial charge is 0.262 e. The minimum atomic E-state index is -0.642. The Morgan fingerprint density at radius 3 is 2.47 bits per heavy atom. The third kappa shape index (κ3) is 5.78. The van der Waals surface area contributed by atoms with E-state index in [1.807, 2.05) is 38.1 Å². The van der Waals surface area contributed by atoms with Crippen LogP contribution in [0.25, 0.3) is 0 Å². The van der Waals surface area contributed by atoms with Gasteiger partial charge in [0.1, 0.15) is 16.8 Å². The average Bonchev–Trinajstić information content (AvgIpc) is 3.50. The maximum Gasteiger partial charge on any atom is 0.262 e. The van der Waals surface area contributed by atoms with Crippen molar-refractivity contribution in [2.24, 2.45) is 10.1 Å². The number of nitrogens with zero attached hydrogens (tertiary/aromatic N) is 3. The average molecular weight is 531 g/mol. The van der Waals surface area contributed by atoms with Gasteiger partial charge in [0, 0.05) is 18.5 Å². The van der Waals surface area contributed by atoms with Gasteiger partial charge < -0.3 is 10.1 Å². The second kappa shape index (κ2) is 11.2. The number of ether oxygens (including phenoxy) is 1. The zero-order chi connectivity index (χ0) is 26.6. The molecule has 7 nitrogen and oxygen atoms in total. The first kappa shape index (κ1) is 25.7. The van der Waals surface area contributed by atoms with Gasteiger partial charge in [0.2, 0.25) is 5.91 Å². The van der Waals surface area contributed by atoms with E-state index in [0.717, 1.165) is 28.2 Å². The molecule has 5 rings (SSSR count). The molecule has 0 saturated heterocycles. The van der Waals surface area contributed by atoms with Gasteiger partial charge in [-0.15, -0.1) is 0 Å². The predicted octanol–water partition coefficient (Wildman–Crippen LogP) is 5.71. The summed E-state index contributed by atoms with van der Waals surface area (Å²) < 4.78 is 18.9. The molecular formula is C29H27FN4O3S. The monoisotopic (exact) mass is 530 g/mol. The van der Waals surface area contributed by atoms with E-state index in [1.165, 1.54) is 23.9 Å². The lowest BCUT2D eigenvalue weighted by Gasteiger charge is -2.23. The highest BCUT2D eigenvalue weighted by atomic mass is 32.2. The molecule has 38 heavy (non-hydrogen) atoms. The summed E-state index contributed by atoms with van der Waals surface area (Å²) in [5.74, 6) is -0.227. The van der Waals surface area contributed by atoms with E-state index in [0.29, 0.717) is 23.9 Å². The molecule has 3 aromatic carbocycles. The summed E-state index contributed by atoms with van der Waals surface area (Å²) in [7, 11) is 0. The number of aryl methyl sites for hydroxylation is 1. The molecule has 2 aliphatic rings. The van der Waals surface area contributed by atoms with Crippen molar-refractivity contribution in [3.63, 3.8) is 0 Å². The van der Waals surface area contributed by atoms with Crippen LogP contribution in [0.15, 0.2) is 82.9 Å². The fourth-order valence-corrected chi connectivity index (χ4v) is 5.40. The van der Waals surface area contributed by atoms with E-state index in [2.05, 4.69) is 10.3 Å². The third-order valence-corrected chi connectivity index (χ3v) is 7.44. The van der Waals surface area contributed by atoms with Gasteiger partial charge in [-0.2, -0.15) is 10.1 Å². The first-order valence-corrected chi connectivity index (χ1v) is 13.3. The number of aliphatic imine (C=N–C) groups is 1. The molecule has 0 unspecified atom stereocenters. The zero-order valence-electron chi connectivity index (χ0n) is 21.1. The fourth-order valence-electron chi connectivity index (χ4n) is 4.34. The molecule has 0 aromatic heterocycles. The molecule has 0 fully saturated rings. The van der Waals surface area contributed by atoms with Crippen LogP contribution in [0.3, 0.4) is 0 Å². The Labute approximate surface area is 224 Å². The number of anilines is 1. The molecule has 2 heterocycles. The molecule has 2 aliphatic heterocycles. The van der Waals surface area contributed by atoms with Crippen LogP contribution in [-0.4, -0.2) is 39.6 Å². The number of benzene rings is 3. The number of hydrogen-bond acceptors (Lipinski definition) is 6. The van der Waals surface area contributed by atoms with Crippen molar-refractivity contribution in [2.75, 3.05) is 11.9 Å². The van der Waals surface area contributed by atoms with Gasteiger partial charge in [-0.05, 0) is 61.4 Å². The summed E-state index contributed by atoms with van der Waals surface area (Å²) in [6.07, 6.45) is 0.562. The van der Waals surface area contributed by atoms with Crippen molar-refractivity contribution in [1.29, 1.82) is 0 Å². The second-order valence-electron chi connectivity index (χ2n) is 9.08. The number of halogens is 1. The van der Waals surface area contributed by atoms with E-state index in [1.54, 1.807) is 41.4 Å². The number of hydrogen-bond donors (Lipinski definition) is 1. The van der Waals surface area contributed by atoms with Crippen molar-refractivity contribution in [1.82, 2.24) is 5.01 Å². The number of thioether (sulfide) groups is 1. The molecule has 0 aliphatic carbocycles. The number of rotatable bonds is 7. The summed E-state index contributed by atoms with van der Waals surface area (Å²) in [5.41, 5.74) is 4.39. The highest BCUT2D eigenvalue weighted by molar-refractivity contribution is 8.15. The Morgan fingerprint density at radius 1 is 1.08 bits per heavy atom. The van der Waals surface area contributed by atoms with Crippen molar-refractivity contribution < 1.29 is 18.7 Å². The van der Waals surface area contributed by atoms with Gasteiger partial charge in [-0.1, -0.05) is 53.7 Å². The Morgan fingerprint density at radius 2 is 1.79 bits per heavy atom. The van der Waals surface area contributed by atoms with Crippen molar-refractivity contribution in [3.8, 4) is 5.75 Å². The van der Waals surface area contributed by atoms with Gasteiger partial charge in [0.25, 0.3) is 5.91 Å². The van der Waals surface area contributed by atoms with Crippen molar-refractivity contribution >= 4 is 40.1 Å². The highest BCUT2D eigenvalue weighted by Gasteiger charge is 2.39. The van der Waals surface area contributed by atoms with Crippen LogP contribution in [-0.2, 0) is 9.59 Å². The van der Waals surface area contributed by atoms with Crippen LogP contribution in [0.2, 0.25) is 0 Å². The minimum Gasteiger partial charge on any atom is -0.494 e. The number of amides is 2. The molecule has 2 atom stereocenters. The summed E-state index contributed by atoms with van der Waals surface area (Å²) in [5, 5.41) is 9.21. The second-order valence-corrected chi connectivity index (χ2v) is 10.2. The van der Waals surface area contributed by atoms with Crippen LogP contribution in [0, 0.1) is 12.7 Å². The number of carbonyl (C=O) groups excluding carboxylic acids is 2. The molecule has 0 bridgehead atoms. The number of amidine groups is 1. The molecule has 9 heteroatoms. The van der Waals surface area contributed by atoms with Gasteiger partial charge in [-0.25, -0.2) is 9.40 Å². The molecule has 0 spiro atoms. The van der Waals surface area contributed by atoms with Crippen molar-refractivity contribution in [3.05, 3.63) is 95.3 Å². The Hall–Kier alpha value is -3.98. The maximum atomic E-state index is 13.5. The van der Waals surface area contributed by atoms with Crippen LogP contribution in [0.1, 0.15) is 42.5 Å². The zero-order valence-corrected chi connectivity index (χ0v) is 21.9. The SMILES string of the molecule is CCOc1ccc(NC(=O)C[C@H]2SC(N3N=C(c4ccc(F)cc4)C[C@H]3c3ccc(C)cc3)=NC2=O)cc1. The quantitative estimate of drug-likeness (QED) is 0.423. The summed E-state index contributed by atoms with van der Waals surface area (Å²) in [4.78, 5) is 29.8. The van der Waals surface area contributed by atoms with Crippen LogP contribution in [0.5, 0.6) is 5.75 Å². The lowest BCUT2D eigenvalue weighted by molar-refractivity contribution is -0.121. The summed E-state index contributed by atoms with van der Waals surface area (Å²) in [6.45, 7) is 4.49. The first-order valence-electron chi connectivity index (χ1n) is 12.4. The van der Waals surface area contributed by atoms with E-state index < -0.39 is 5.25 Å². The Balaban J connectivity index is 1.31. The van der Waals surface area contributed by atoms with Crippen LogP contribution < -0.4 is 10.1 Å². The molecule has 0 saturated carbocycles. The topological polar surface area (TPSA) is 83.4 Å². The van der Waals surface area contributed by atoms with E-state index in [9.17, 15) is 14.0 Å². The largest absolute Gasteiger partial charge is 0.494 e. The van der Waals surface area contributed by atoms with E-state index >= 15 is 0 Å². The van der Waals surface area contributed by atoms with E-state index in [-0.39, 0.29) is 30.1 Å². The first-order chi connectivity index (χ1) is 18.4. The molecule has 1 N–H and O–H groups in total. The lowest BCUT2D eigenvalue weighted by Crippen LogP contribution is -2.25. The van der Waals surface area contributed by atoms with Crippen LogP contribution in [0.4, 0.5) is 10.1 Å². The number of carbonyl (C=O) groups is 2. The van der Waals surface area contributed by atoms with Gasteiger partial charge >= 0.3 is 0 Å². The third-order valence-electron chi connectivity index (χ3n) is 6.29. The molecule has 2 amide bonds. The van der Waals surface area contributed by atoms with Gasteiger partial charge in [-0.3, -0.25) is 9.59 Å². The standard InChI is InChI=1S/C29H27FN4O3S/c1-3-37-23-14-12-22(13-15-23)31-27(35)17-26-28(36)32-29(38-26)34-25(20-6-4-18(2)5-7-20)16-24(33-34)19-8-10-21(30)11-9-19/h4-15,25-26H,3,16-17H2,1-2H3,(H,31,35)/t25-,26+/m0/s1. The summed E-state index contributed by atoms with van der Waals surface area (Å²) >= 11 is 1.24.